The van der Waals surface area contributed by atoms with E-state index in [-0.39, 0.29) is 63.2 Å². The van der Waals surface area contributed by atoms with E-state index in [0.717, 1.165) is 37.8 Å². The number of pyridine rings is 1. The van der Waals surface area contributed by atoms with Gasteiger partial charge in [-0.15, -0.1) is 0 Å². The Morgan fingerprint density at radius 1 is 1.14 bits per heavy atom. The fourth-order valence-electron chi connectivity index (χ4n) is 5.01. The van der Waals surface area contributed by atoms with Crippen LogP contribution >= 0.6 is 11.6 Å². The van der Waals surface area contributed by atoms with Crippen molar-refractivity contribution in [2.24, 2.45) is 11.5 Å². The second-order valence-corrected chi connectivity index (χ2v) is 11.9. The number of hydrogen-bond donors (Lipinski definition) is 3. The molecule has 0 saturated heterocycles. The van der Waals surface area contributed by atoms with Crippen LogP contribution in [0.2, 0.25) is 5.02 Å². The third kappa shape index (κ3) is 5.47. The molecule has 5 N–H and O–H groups in total. The summed E-state index contributed by atoms with van der Waals surface area (Å²) in [7, 11) is 0. The first-order valence-corrected chi connectivity index (χ1v) is 14.1. The van der Waals surface area contributed by atoms with Crippen LogP contribution < -0.4 is 25.7 Å². The van der Waals surface area contributed by atoms with Gasteiger partial charge in [0.2, 0.25) is 5.91 Å². The molecule has 43 heavy (non-hydrogen) atoms. The SMILES string of the molecule is C[C@](O)(Cc1c(C(N)=O)ccc(OC2CC2)c1OC1CC1)c1cc2c(c(-c3ccc(F)c(Cl)c3)n1)OC[C@@]2(N)C(F)(F)F. The highest BCUT2D eigenvalue weighted by Crippen LogP contribution is 2.50. The average Bonchev–Trinajstić information content (AvgIpc) is 3.86. The number of rotatable bonds is 9. The van der Waals surface area contributed by atoms with Gasteiger partial charge in [-0.2, -0.15) is 13.2 Å². The standard InChI is InChI=1S/C30H28ClF4N3O5/c1-28(40,12-18-17(27(36)39)7-9-22(42-15-3-4-15)25(18)43-16-5-6-16)23-11-19-26(41-13-29(19,37)30(33,34)35)24(38-23)14-2-8-21(32)20(31)10-14/h2,7-11,15-16,40H,3-6,12-13,37H2,1H3,(H2,36,39)/t28-,29-/m0/s1. The Morgan fingerprint density at radius 2 is 1.81 bits per heavy atom. The number of hydrogen-bond acceptors (Lipinski definition) is 7. The molecule has 2 aliphatic carbocycles. The summed E-state index contributed by atoms with van der Waals surface area (Å²) in [6.45, 7) is 0.400. The van der Waals surface area contributed by atoms with E-state index >= 15 is 0 Å². The van der Waals surface area contributed by atoms with E-state index in [2.05, 4.69) is 4.98 Å². The summed E-state index contributed by atoms with van der Waals surface area (Å²) in [5, 5.41) is 11.6. The summed E-state index contributed by atoms with van der Waals surface area (Å²) in [5.74, 6) is -1.19. The summed E-state index contributed by atoms with van der Waals surface area (Å²) < 4.78 is 74.5. The quantitative estimate of drug-likeness (QED) is 0.277. The highest BCUT2D eigenvalue weighted by Gasteiger charge is 2.59. The first-order valence-electron chi connectivity index (χ1n) is 13.7. The Morgan fingerprint density at radius 3 is 2.42 bits per heavy atom. The Labute approximate surface area is 248 Å². The predicted molar refractivity (Wildman–Crippen MR) is 148 cm³/mol. The maximum Gasteiger partial charge on any atom is 0.414 e. The highest BCUT2D eigenvalue weighted by molar-refractivity contribution is 6.31. The monoisotopic (exact) mass is 621 g/mol. The normalized spacial score (nSPS) is 21.1. The molecular formula is C30H28ClF4N3O5. The van der Waals surface area contributed by atoms with Crippen molar-refractivity contribution in [1.82, 2.24) is 4.98 Å². The van der Waals surface area contributed by atoms with E-state index in [9.17, 15) is 27.5 Å². The number of aromatic nitrogens is 1. The van der Waals surface area contributed by atoms with Crippen molar-refractivity contribution >= 4 is 17.5 Å². The van der Waals surface area contributed by atoms with E-state index in [4.69, 9.17) is 37.3 Å². The third-order valence-electron chi connectivity index (χ3n) is 7.79. The van der Waals surface area contributed by atoms with E-state index in [1.54, 1.807) is 6.07 Å². The van der Waals surface area contributed by atoms with Gasteiger partial charge in [0.25, 0.3) is 0 Å². The maximum atomic E-state index is 14.3. The fourth-order valence-corrected chi connectivity index (χ4v) is 5.19. The molecule has 2 saturated carbocycles. The number of carbonyl (C=O) groups is 1. The van der Waals surface area contributed by atoms with Gasteiger partial charge in [-0.25, -0.2) is 9.37 Å². The molecular weight excluding hydrogens is 594 g/mol. The minimum atomic E-state index is -4.93. The number of ether oxygens (including phenoxy) is 3. The van der Waals surface area contributed by atoms with E-state index in [1.807, 2.05) is 0 Å². The second kappa shape index (κ2) is 10.2. The van der Waals surface area contributed by atoms with Crippen LogP contribution in [0.5, 0.6) is 17.2 Å². The molecule has 2 heterocycles. The molecule has 228 valence electrons. The number of nitrogens with two attached hydrogens (primary N) is 2. The highest BCUT2D eigenvalue weighted by atomic mass is 35.5. The number of nitrogens with zero attached hydrogens (tertiary/aromatic N) is 1. The Hall–Kier alpha value is -3.61. The molecule has 6 rings (SSSR count). The number of fused-ring (bicyclic) bond motifs is 1. The van der Waals surface area contributed by atoms with Crippen LogP contribution in [0.3, 0.4) is 0 Å². The summed E-state index contributed by atoms with van der Waals surface area (Å²) in [5.41, 5.74) is 6.28. The van der Waals surface area contributed by atoms with Crippen LogP contribution in [0.4, 0.5) is 17.6 Å². The van der Waals surface area contributed by atoms with Gasteiger partial charge < -0.3 is 30.8 Å². The molecule has 8 nitrogen and oxygen atoms in total. The van der Waals surface area contributed by atoms with Crippen molar-refractivity contribution in [3.8, 4) is 28.5 Å². The van der Waals surface area contributed by atoms with Crippen LogP contribution in [0.25, 0.3) is 11.3 Å². The minimum absolute atomic E-state index is 0.0159. The number of carbonyl (C=O) groups excluding carboxylic acids is 1. The second-order valence-electron chi connectivity index (χ2n) is 11.5. The summed E-state index contributed by atoms with van der Waals surface area (Å²) >= 11 is 5.98. The third-order valence-corrected chi connectivity index (χ3v) is 8.08. The molecule has 13 heteroatoms. The molecule has 0 unspecified atom stereocenters. The van der Waals surface area contributed by atoms with Gasteiger partial charge in [-0.05, 0) is 69.0 Å². The molecule has 1 amide bonds. The van der Waals surface area contributed by atoms with E-state index in [1.165, 1.54) is 25.1 Å². The summed E-state index contributed by atoms with van der Waals surface area (Å²) in [4.78, 5) is 17.0. The molecule has 2 fully saturated rings. The van der Waals surface area contributed by atoms with Crippen molar-refractivity contribution in [3.05, 3.63) is 69.6 Å². The molecule has 0 bridgehead atoms. The number of primary amides is 1. The molecule has 1 aromatic heterocycles. The molecule has 0 spiro atoms. The Kier molecular flexibility index (Phi) is 7.02. The molecule has 2 atom stereocenters. The summed E-state index contributed by atoms with van der Waals surface area (Å²) in [6.07, 6.45) is -2.14. The van der Waals surface area contributed by atoms with Crippen LogP contribution in [0.1, 0.15) is 59.8 Å². The Bertz CT molecular complexity index is 1620. The van der Waals surface area contributed by atoms with Crippen molar-refractivity contribution in [3.63, 3.8) is 0 Å². The largest absolute Gasteiger partial charge is 0.488 e. The zero-order valence-electron chi connectivity index (χ0n) is 22.9. The zero-order chi connectivity index (χ0) is 30.9. The first-order chi connectivity index (χ1) is 20.2. The van der Waals surface area contributed by atoms with E-state index in [0.29, 0.717) is 5.75 Å². The predicted octanol–water partition coefficient (Wildman–Crippen LogP) is 5.28. The van der Waals surface area contributed by atoms with Crippen molar-refractivity contribution in [2.75, 3.05) is 6.61 Å². The summed E-state index contributed by atoms with van der Waals surface area (Å²) in [6, 6.07) is 7.60. The number of amides is 1. The van der Waals surface area contributed by atoms with Gasteiger partial charge in [0, 0.05) is 28.7 Å². The van der Waals surface area contributed by atoms with Crippen LogP contribution in [0.15, 0.2) is 36.4 Å². The average molecular weight is 622 g/mol. The zero-order valence-corrected chi connectivity index (χ0v) is 23.7. The number of benzene rings is 2. The van der Waals surface area contributed by atoms with Gasteiger partial charge in [-0.1, -0.05) is 11.6 Å². The van der Waals surface area contributed by atoms with Crippen molar-refractivity contribution < 1.29 is 41.7 Å². The molecule has 0 radical (unpaired) electrons. The lowest BCUT2D eigenvalue weighted by molar-refractivity contribution is -0.191. The van der Waals surface area contributed by atoms with Gasteiger partial charge >= 0.3 is 6.18 Å². The lowest BCUT2D eigenvalue weighted by Gasteiger charge is -2.29. The fraction of sp³-hybridized carbons (Fsp3) is 0.400. The maximum absolute atomic E-state index is 14.3. The Balaban J connectivity index is 1.51. The van der Waals surface area contributed by atoms with Gasteiger partial charge in [0.1, 0.15) is 23.7 Å². The number of alkyl halides is 3. The van der Waals surface area contributed by atoms with Crippen LogP contribution in [0, 0.1) is 5.82 Å². The first kappa shape index (κ1) is 29.5. The smallest absolute Gasteiger partial charge is 0.414 e. The number of aliphatic hydroxyl groups is 1. The number of halogens is 5. The minimum Gasteiger partial charge on any atom is -0.488 e. The van der Waals surface area contributed by atoms with Gasteiger partial charge in [0.15, 0.2) is 22.8 Å². The lowest BCUT2D eigenvalue weighted by Crippen LogP contribution is -2.51. The van der Waals surface area contributed by atoms with Crippen LogP contribution in [-0.2, 0) is 17.6 Å². The molecule has 3 aliphatic rings. The molecule has 1 aliphatic heterocycles. The van der Waals surface area contributed by atoms with Gasteiger partial charge in [0.05, 0.1) is 22.9 Å². The molecule has 2 aromatic carbocycles. The molecule has 3 aromatic rings. The lowest BCUT2D eigenvalue weighted by atomic mass is 9.85. The van der Waals surface area contributed by atoms with Crippen LogP contribution in [-0.4, -0.2) is 41.0 Å². The topological polar surface area (TPSA) is 130 Å². The van der Waals surface area contributed by atoms with Gasteiger partial charge in [-0.3, -0.25) is 4.79 Å². The van der Waals surface area contributed by atoms with E-state index < -0.39 is 41.2 Å². The van der Waals surface area contributed by atoms with Crippen molar-refractivity contribution in [2.45, 2.75) is 68.6 Å². The van der Waals surface area contributed by atoms with Crippen molar-refractivity contribution in [1.29, 1.82) is 0 Å².